The van der Waals surface area contributed by atoms with E-state index in [0.717, 1.165) is 49.4 Å². The molecule has 3 aromatic rings. The molecule has 118 valence electrons. The maximum Gasteiger partial charge on any atom is 0.119 e. The Kier molecular flexibility index (Phi) is 4.12. The SMILES string of the molecule is c1cc(-c2csc(C3CCN(Cc4cnon4)CC3)n2)ccn1. The summed E-state index contributed by atoms with van der Waals surface area (Å²) < 4.78 is 4.65. The minimum Gasteiger partial charge on any atom is -0.297 e. The second kappa shape index (κ2) is 6.55. The number of hydrogen-bond acceptors (Lipinski definition) is 7. The lowest BCUT2D eigenvalue weighted by Gasteiger charge is -2.30. The van der Waals surface area contributed by atoms with Crippen molar-refractivity contribution in [1.29, 1.82) is 0 Å². The number of rotatable bonds is 4. The third-order valence-electron chi connectivity index (χ3n) is 4.23. The van der Waals surface area contributed by atoms with Crippen LogP contribution in [0.1, 0.15) is 29.5 Å². The first kappa shape index (κ1) is 14.5. The van der Waals surface area contributed by atoms with Gasteiger partial charge in [-0.1, -0.05) is 10.3 Å². The number of aromatic nitrogens is 4. The van der Waals surface area contributed by atoms with Gasteiger partial charge in [0.2, 0.25) is 0 Å². The Morgan fingerprint density at radius 3 is 2.78 bits per heavy atom. The van der Waals surface area contributed by atoms with Gasteiger partial charge in [0.15, 0.2) is 0 Å². The van der Waals surface area contributed by atoms with Crippen LogP contribution in [0.4, 0.5) is 0 Å². The van der Waals surface area contributed by atoms with Gasteiger partial charge in [-0.15, -0.1) is 11.3 Å². The van der Waals surface area contributed by atoms with Crippen LogP contribution in [-0.4, -0.2) is 38.3 Å². The van der Waals surface area contributed by atoms with Gasteiger partial charge in [0.1, 0.15) is 5.69 Å². The summed E-state index contributed by atoms with van der Waals surface area (Å²) in [6.07, 6.45) is 7.58. The van der Waals surface area contributed by atoms with Crippen LogP contribution < -0.4 is 0 Å². The summed E-state index contributed by atoms with van der Waals surface area (Å²) in [6.45, 7) is 2.93. The zero-order valence-corrected chi connectivity index (χ0v) is 13.4. The van der Waals surface area contributed by atoms with E-state index in [0.29, 0.717) is 5.92 Å². The highest BCUT2D eigenvalue weighted by atomic mass is 32.1. The molecule has 0 unspecified atom stereocenters. The molecule has 0 aliphatic carbocycles. The quantitative estimate of drug-likeness (QED) is 0.734. The summed E-state index contributed by atoms with van der Waals surface area (Å²) in [4.78, 5) is 11.3. The third kappa shape index (κ3) is 3.30. The largest absolute Gasteiger partial charge is 0.297 e. The minimum absolute atomic E-state index is 0.558. The van der Waals surface area contributed by atoms with Gasteiger partial charge < -0.3 is 0 Å². The molecule has 0 spiro atoms. The van der Waals surface area contributed by atoms with Gasteiger partial charge in [-0.2, -0.15) is 0 Å². The van der Waals surface area contributed by atoms with E-state index in [1.807, 2.05) is 24.5 Å². The first-order chi connectivity index (χ1) is 11.4. The zero-order valence-electron chi connectivity index (χ0n) is 12.6. The van der Waals surface area contributed by atoms with Gasteiger partial charge >= 0.3 is 0 Å². The highest BCUT2D eigenvalue weighted by Crippen LogP contribution is 2.33. The second-order valence-electron chi connectivity index (χ2n) is 5.76. The molecule has 1 saturated heterocycles. The average Bonchev–Trinajstić information content (AvgIpc) is 3.28. The molecule has 0 aromatic carbocycles. The molecule has 0 bridgehead atoms. The van der Waals surface area contributed by atoms with Crippen LogP contribution in [0, 0.1) is 0 Å². The van der Waals surface area contributed by atoms with Crippen LogP contribution in [0.25, 0.3) is 11.3 Å². The van der Waals surface area contributed by atoms with Crippen molar-refractivity contribution in [2.24, 2.45) is 0 Å². The van der Waals surface area contributed by atoms with Crippen LogP contribution in [0.5, 0.6) is 0 Å². The molecule has 1 aliphatic heterocycles. The number of likely N-dealkylation sites (tertiary alicyclic amines) is 1. The van der Waals surface area contributed by atoms with Crippen molar-refractivity contribution in [1.82, 2.24) is 25.2 Å². The van der Waals surface area contributed by atoms with Crippen molar-refractivity contribution in [3.63, 3.8) is 0 Å². The van der Waals surface area contributed by atoms with Gasteiger partial charge in [0.05, 0.1) is 16.9 Å². The number of piperidine rings is 1. The fraction of sp³-hybridized carbons (Fsp3) is 0.375. The molecule has 3 aromatic heterocycles. The lowest BCUT2D eigenvalue weighted by atomic mass is 9.97. The maximum absolute atomic E-state index is 4.84. The maximum atomic E-state index is 4.84. The van der Waals surface area contributed by atoms with Crippen molar-refractivity contribution in [3.8, 4) is 11.3 Å². The van der Waals surface area contributed by atoms with Crippen LogP contribution in [0.15, 0.2) is 40.7 Å². The molecule has 1 aliphatic rings. The Labute approximate surface area is 138 Å². The predicted octanol–water partition coefficient (Wildman–Crippen LogP) is 2.97. The number of thiazole rings is 1. The fourth-order valence-corrected chi connectivity index (χ4v) is 3.95. The Morgan fingerprint density at radius 1 is 1.22 bits per heavy atom. The first-order valence-corrected chi connectivity index (χ1v) is 8.61. The van der Waals surface area contributed by atoms with Crippen molar-refractivity contribution in [3.05, 3.63) is 46.8 Å². The van der Waals surface area contributed by atoms with E-state index >= 15 is 0 Å². The molecule has 4 rings (SSSR count). The molecule has 0 amide bonds. The monoisotopic (exact) mass is 327 g/mol. The van der Waals surface area contributed by atoms with Crippen LogP contribution in [0.3, 0.4) is 0 Å². The topological polar surface area (TPSA) is 67.9 Å². The Bertz CT molecular complexity index is 735. The number of nitrogens with zero attached hydrogens (tertiary/aromatic N) is 5. The van der Waals surface area contributed by atoms with Crippen molar-refractivity contribution >= 4 is 11.3 Å². The van der Waals surface area contributed by atoms with E-state index in [1.54, 1.807) is 17.5 Å². The van der Waals surface area contributed by atoms with Crippen LogP contribution in [0.2, 0.25) is 0 Å². The molecular weight excluding hydrogens is 310 g/mol. The summed E-state index contributed by atoms with van der Waals surface area (Å²) in [5.74, 6) is 0.558. The fourth-order valence-electron chi connectivity index (χ4n) is 2.95. The first-order valence-electron chi connectivity index (χ1n) is 7.73. The molecule has 4 heterocycles. The van der Waals surface area contributed by atoms with Crippen LogP contribution >= 0.6 is 11.3 Å². The molecule has 23 heavy (non-hydrogen) atoms. The van der Waals surface area contributed by atoms with E-state index in [9.17, 15) is 0 Å². The highest BCUT2D eigenvalue weighted by molar-refractivity contribution is 7.10. The normalized spacial score (nSPS) is 16.7. The molecule has 0 atom stereocenters. The molecule has 7 heteroatoms. The Morgan fingerprint density at radius 2 is 2.04 bits per heavy atom. The third-order valence-corrected chi connectivity index (χ3v) is 5.23. The van der Waals surface area contributed by atoms with E-state index in [2.05, 4.69) is 30.2 Å². The lowest BCUT2D eigenvalue weighted by molar-refractivity contribution is 0.198. The second-order valence-corrected chi connectivity index (χ2v) is 6.65. The number of hydrogen-bond donors (Lipinski definition) is 0. The Balaban J connectivity index is 1.38. The van der Waals surface area contributed by atoms with Gasteiger partial charge in [-0.05, 0) is 38.1 Å². The van der Waals surface area contributed by atoms with E-state index < -0.39 is 0 Å². The Hall–Kier alpha value is -2.12. The summed E-state index contributed by atoms with van der Waals surface area (Å²) in [5, 5.41) is 10.9. The van der Waals surface area contributed by atoms with E-state index in [-0.39, 0.29) is 0 Å². The van der Waals surface area contributed by atoms with E-state index in [1.165, 1.54) is 5.01 Å². The minimum atomic E-state index is 0.558. The molecule has 6 nitrogen and oxygen atoms in total. The predicted molar refractivity (Wildman–Crippen MR) is 86.9 cm³/mol. The molecule has 1 fully saturated rings. The lowest BCUT2D eigenvalue weighted by Crippen LogP contribution is -2.32. The summed E-state index contributed by atoms with van der Waals surface area (Å²) >= 11 is 1.77. The smallest absolute Gasteiger partial charge is 0.119 e. The van der Waals surface area contributed by atoms with Gasteiger partial charge in [0, 0.05) is 35.8 Å². The molecule has 0 saturated carbocycles. The highest BCUT2D eigenvalue weighted by Gasteiger charge is 2.23. The molecule has 0 N–H and O–H groups in total. The molecule has 0 radical (unpaired) electrons. The van der Waals surface area contributed by atoms with Crippen molar-refractivity contribution in [2.75, 3.05) is 13.1 Å². The van der Waals surface area contributed by atoms with Crippen molar-refractivity contribution < 1.29 is 4.63 Å². The van der Waals surface area contributed by atoms with Crippen LogP contribution in [-0.2, 0) is 6.54 Å². The van der Waals surface area contributed by atoms with Gasteiger partial charge in [-0.3, -0.25) is 9.88 Å². The summed E-state index contributed by atoms with van der Waals surface area (Å²) in [7, 11) is 0. The molecular formula is C16H17N5OS. The number of pyridine rings is 1. The summed E-state index contributed by atoms with van der Waals surface area (Å²) in [5.41, 5.74) is 3.10. The zero-order chi connectivity index (χ0) is 15.5. The van der Waals surface area contributed by atoms with E-state index in [4.69, 9.17) is 4.98 Å². The standard InChI is InChI=1S/C16H17N5OS/c1-5-17-6-2-12(1)15-11-23-16(19-15)13-3-7-21(8-4-13)10-14-9-18-22-20-14/h1-2,5-6,9,11,13H,3-4,7-8,10H2. The summed E-state index contributed by atoms with van der Waals surface area (Å²) in [6, 6.07) is 4.01. The van der Waals surface area contributed by atoms with Gasteiger partial charge in [0.25, 0.3) is 0 Å². The van der Waals surface area contributed by atoms with Crippen molar-refractivity contribution in [2.45, 2.75) is 25.3 Å². The van der Waals surface area contributed by atoms with Gasteiger partial charge in [-0.25, -0.2) is 9.61 Å². The average molecular weight is 327 g/mol.